The molecule has 0 aromatic rings. The van der Waals surface area contributed by atoms with Gasteiger partial charge in [0, 0.05) is 13.2 Å². The lowest BCUT2D eigenvalue weighted by atomic mass is 10.1. The summed E-state index contributed by atoms with van der Waals surface area (Å²) in [4.78, 5) is 22.9. The molecule has 1 aliphatic heterocycles. The quantitative estimate of drug-likeness (QED) is 0.539. The highest BCUT2D eigenvalue weighted by Crippen LogP contribution is 2.07. The van der Waals surface area contributed by atoms with Crippen molar-refractivity contribution in [1.29, 1.82) is 0 Å². The van der Waals surface area contributed by atoms with Gasteiger partial charge in [0.1, 0.15) is 0 Å². The van der Waals surface area contributed by atoms with Gasteiger partial charge in [-0.15, -0.1) is 0 Å². The highest BCUT2D eigenvalue weighted by atomic mass is 16.5. The number of carbonyl (C=O) groups is 2. The third-order valence-electron chi connectivity index (χ3n) is 2.73. The molecule has 4 heteroatoms. The SMILES string of the molecule is CO[C@@H]1C=CC(=O)/C=C/C(=O)O[C@@H](C)CCC/C=C\1. The Morgan fingerprint density at radius 3 is 2.74 bits per heavy atom. The van der Waals surface area contributed by atoms with Crippen LogP contribution in [0.1, 0.15) is 26.2 Å². The summed E-state index contributed by atoms with van der Waals surface area (Å²) in [5.74, 6) is -0.748. The van der Waals surface area contributed by atoms with Crippen molar-refractivity contribution in [2.75, 3.05) is 7.11 Å². The molecule has 0 spiro atoms. The summed E-state index contributed by atoms with van der Waals surface area (Å²) < 4.78 is 10.3. The fourth-order valence-corrected chi connectivity index (χ4v) is 1.67. The van der Waals surface area contributed by atoms with E-state index in [-0.39, 0.29) is 18.0 Å². The van der Waals surface area contributed by atoms with Crippen LogP contribution in [0.5, 0.6) is 0 Å². The van der Waals surface area contributed by atoms with Crippen LogP contribution in [-0.4, -0.2) is 31.1 Å². The van der Waals surface area contributed by atoms with E-state index in [0.717, 1.165) is 25.3 Å². The molecule has 0 aromatic carbocycles. The Kier molecular flexibility index (Phi) is 6.82. The third-order valence-corrected chi connectivity index (χ3v) is 2.73. The molecule has 1 heterocycles. The van der Waals surface area contributed by atoms with E-state index < -0.39 is 5.97 Å². The van der Waals surface area contributed by atoms with Crippen molar-refractivity contribution >= 4 is 11.8 Å². The normalized spacial score (nSPS) is 29.4. The summed E-state index contributed by atoms with van der Waals surface area (Å²) in [7, 11) is 1.59. The van der Waals surface area contributed by atoms with Gasteiger partial charge in [-0.2, -0.15) is 0 Å². The number of esters is 1. The van der Waals surface area contributed by atoms with E-state index in [9.17, 15) is 9.59 Å². The summed E-state index contributed by atoms with van der Waals surface area (Å²) in [6.07, 6.45) is 11.6. The van der Waals surface area contributed by atoms with Crippen molar-refractivity contribution in [3.63, 3.8) is 0 Å². The zero-order chi connectivity index (χ0) is 14.1. The van der Waals surface area contributed by atoms with E-state index in [4.69, 9.17) is 9.47 Å². The Balaban J connectivity index is 2.76. The van der Waals surface area contributed by atoms with Gasteiger partial charge < -0.3 is 9.47 Å². The number of allylic oxidation sites excluding steroid dienone is 3. The maximum Gasteiger partial charge on any atom is 0.331 e. The Morgan fingerprint density at radius 1 is 1.21 bits per heavy atom. The number of ketones is 1. The van der Waals surface area contributed by atoms with Gasteiger partial charge in [-0.3, -0.25) is 4.79 Å². The number of ether oxygens (including phenoxy) is 2. The fourth-order valence-electron chi connectivity index (χ4n) is 1.67. The van der Waals surface area contributed by atoms with Crippen molar-refractivity contribution in [3.05, 3.63) is 36.5 Å². The second-order valence-corrected chi connectivity index (χ2v) is 4.40. The first kappa shape index (κ1) is 15.4. The standard InChI is InChI=1S/C15H20O4/c1-12-6-4-3-5-7-14(18-2)10-8-13(16)9-11-15(17)19-12/h5,7-12,14H,3-4,6H2,1-2H3/b7-5-,10-8?,11-9+/t12-,14-/m0/s1. The highest BCUT2D eigenvalue weighted by molar-refractivity contribution is 6.02. The number of hydrogen-bond donors (Lipinski definition) is 0. The summed E-state index contributed by atoms with van der Waals surface area (Å²) >= 11 is 0. The molecule has 0 saturated carbocycles. The van der Waals surface area contributed by atoms with Crippen LogP contribution in [0.4, 0.5) is 0 Å². The number of cyclic esters (lactones) is 1. The molecule has 0 saturated heterocycles. The Hall–Kier alpha value is -1.68. The summed E-state index contributed by atoms with van der Waals surface area (Å²) in [6.45, 7) is 1.85. The van der Waals surface area contributed by atoms with E-state index in [1.807, 2.05) is 19.1 Å². The van der Waals surface area contributed by atoms with Crippen LogP contribution in [0.15, 0.2) is 36.5 Å². The molecular weight excluding hydrogens is 244 g/mol. The largest absolute Gasteiger partial charge is 0.460 e. The zero-order valence-electron chi connectivity index (χ0n) is 11.4. The second-order valence-electron chi connectivity index (χ2n) is 4.40. The molecule has 0 unspecified atom stereocenters. The van der Waals surface area contributed by atoms with E-state index in [2.05, 4.69) is 0 Å². The molecule has 0 radical (unpaired) electrons. The van der Waals surface area contributed by atoms with Crippen molar-refractivity contribution in [3.8, 4) is 0 Å². The molecule has 19 heavy (non-hydrogen) atoms. The minimum atomic E-state index is -0.481. The minimum Gasteiger partial charge on any atom is -0.460 e. The number of methoxy groups -OCH3 is 1. The van der Waals surface area contributed by atoms with Crippen molar-refractivity contribution in [2.24, 2.45) is 0 Å². The van der Waals surface area contributed by atoms with Gasteiger partial charge in [0.05, 0.1) is 12.2 Å². The minimum absolute atomic E-state index is 0.141. The van der Waals surface area contributed by atoms with E-state index in [1.165, 1.54) is 12.2 Å². The summed E-state index contributed by atoms with van der Waals surface area (Å²) in [5.41, 5.74) is 0. The average molecular weight is 264 g/mol. The maximum absolute atomic E-state index is 11.5. The molecule has 0 N–H and O–H groups in total. The van der Waals surface area contributed by atoms with Crippen LogP contribution in [0.25, 0.3) is 0 Å². The molecule has 2 atom stereocenters. The number of rotatable bonds is 1. The van der Waals surface area contributed by atoms with Gasteiger partial charge in [0.2, 0.25) is 0 Å². The van der Waals surface area contributed by atoms with Crippen molar-refractivity contribution in [1.82, 2.24) is 0 Å². The van der Waals surface area contributed by atoms with Crippen LogP contribution < -0.4 is 0 Å². The Labute approximate surface area is 113 Å². The summed E-state index contributed by atoms with van der Waals surface area (Å²) in [5, 5.41) is 0. The van der Waals surface area contributed by atoms with Gasteiger partial charge in [-0.25, -0.2) is 4.79 Å². The van der Waals surface area contributed by atoms with E-state index >= 15 is 0 Å². The van der Waals surface area contributed by atoms with Gasteiger partial charge in [0.25, 0.3) is 0 Å². The smallest absolute Gasteiger partial charge is 0.331 e. The van der Waals surface area contributed by atoms with E-state index in [0.29, 0.717) is 0 Å². The Morgan fingerprint density at radius 2 is 2.00 bits per heavy atom. The first-order valence-electron chi connectivity index (χ1n) is 6.42. The maximum atomic E-state index is 11.5. The van der Waals surface area contributed by atoms with E-state index in [1.54, 1.807) is 13.2 Å². The molecule has 4 nitrogen and oxygen atoms in total. The van der Waals surface area contributed by atoms with Gasteiger partial charge in [0.15, 0.2) is 5.78 Å². The van der Waals surface area contributed by atoms with Crippen LogP contribution in [0, 0.1) is 0 Å². The number of carbonyl (C=O) groups excluding carboxylic acids is 2. The first-order chi connectivity index (χ1) is 9.11. The molecular formula is C15H20O4. The molecule has 1 rings (SSSR count). The van der Waals surface area contributed by atoms with Crippen molar-refractivity contribution in [2.45, 2.75) is 38.4 Å². The molecule has 104 valence electrons. The monoisotopic (exact) mass is 264 g/mol. The average Bonchev–Trinajstić information content (AvgIpc) is 2.38. The third kappa shape index (κ3) is 6.72. The van der Waals surface area contributed by atoms with Crippen LogP contribution in [0.3, 0.4) is 0 Å². The lowest BCUT2D eigenvalue weighted by Gasteiger charge is -2.11. The lowest BCUT2D eigenvalue weighted by Crippen LogP contribution is -2.13. The van der Waals surface area contributed by atoms with Crippen molar-refractivity contribution < 1.29 is 19.1 Å². The molecule has 0 aliphatic carbocycles. The van der Waals surface area contributed by atoms with Gasteiger partial charge >= 0.3 is 5.97 Å². The van der Waals surface area contributed by atoms with Crippen LogP contribution >= 0.6 is 0 Å². The van der Waals surface area contributed by atoms with Crippen LogP contribution in [0.2, 0.25) is 0 Å². The fraction of sp³-hybridized carbons (Fsp3) is 0.467. The second kappa shape index (κ2) is 8.43. The molecule has 0 aromatic heterocycles. The van der Waals surface area contributed by atoms with Gasteiger partial charge in [-0.05, 0) is 44.4 Å². The highest BCUT2D eigenvalue weighted by Gasteiger charge is 2.07. The molecule has 0 amide bonds. The number of hydrogen-bond acceptors (Lipinski definition) is 4. The molecule has 1 aliphatic rings. The van der Waals surface area contributed by atoms with Gasteiger partial charge in [-0.1, -0.05) is 12.2 Å². The predicted molar refractivity (Wildman–Crippen MR) is 72.6 cm³/mol. The topological polar surface area (TPSA) is 52.6 Å². The summed E-state index contributed by atoms with van der Waals surface area (Å²) in [6, 6.07) is 0. The first-order valence-corrected chi connectivity index (χ1v) is 6.42. The van der Waals surface area contributed by atoms with Crippen LogP contribution in [-0.2, 0) is 19.1 Å². The predicted octanol–water partition coefficient (Wildman–Crippen LogP) is 2.35. The lowest BCUT2D eigenvalue weighted by molar-refractivity contribution is -0.142. The molecule has 0 bridgehead atoms. The Bertz CT molecular complexity index is 393. The zero-order valence-corrected chi connectivity index (χ0v) is 11.4. The molecule has 0 fully saturated rings.